The second kappa shape index (κ2) is 11.2. The Kier molecular flexibility index (Phi) is 8.96. The third-order valence-electron chi connectivity index (χ3n) is 4.87. The molecule has 2 amide bonds. The van der Waals surface area contributed by atoms with E-state index in [1.165, 1.54) is 4.88 Å². The molecule has 1 fully saturated rings. The molecule has 1 unspecified atom stereocenters. The first-order chi connectivity index (χ1) is 13.2. The van der Waals surface area contributed by atoms with Gasteiger partial charge < -0.3 is 15.5 Å². The number of carbonyl (C=O) groups is 2. The van der Waals surface area contributed by atoms with Crippen LogP contribution in [-0.4, -0.2) is 43.4 Å². The summed E-state index contributed by atoms with van der Waals surface area (Å²) in [7, 11) is 1.94. The maximum atomic E-state index is 12.7. The minimum absolute atomic E-state index is 0. The normalized spacial score (nSPS) is 15.9. The van der Waals surface area contributed by atoms with Crippen molar-refractivity contribution >= 4 is 41.2 Å². The van der Waals surface area contributed by atoms with Crippen LogP contribution >= 0.6 is 23.7 Å². The second-order valence-electron chi connectivity index (χ2n) is 7.03. The van der Waals surface area contributed by atoms with Gasteiger partial charge in [-0.05, 0) is 68.4 Å². The fourth-order valence-corrected chi connectivity index (χ4v) is 4.24. The molecule has 0 aliphatic carbocycles. The predicted molar refractivity (Wildman–Crippen MR) is 118 cm³/mol. The molecule has 0 spiro atoms. The SMILES string of the molecule is CNCC1CCN(C(=O)c2cccc(NC(=O)CCCc3cccs3)c2)C1.Cl. The zero-order chi connectivity index (χ0) is 19.1. The number of halogens is 1. The van der Waals surface area contributed by atoms with E-state index >= 15 is 0 Å². The number of benzene rings is 1. The van der Waals surface area contributed by atoms with Crippen LogP contribution < -0.4 is 10.6 Å². The number of rotatable bonds is 8. The van der Waals surface area contributed by atoms with E-state index in [0.29, 0.717) is 23.6 Å². The Morgan fingerprint density at radius 2 is 2.11 bits per heavy atom. The molecule has 1 aliphatic heterocycles. The molecule has 3 rings (SSSR count). The summed E-state index contributed by atoms with van der Waals surface area (Å²) in [6.45, 7) is 2.52. The fraction of sp³-hybridized carbons (Fsp3) is 0.429. The van der Waals surface area contributed by atoms with Crippen molar-refractivity contribution in [3.8, 4) is 0 Å². The molecule has 1 saturated heterocycles. The summed E-state index contributed by atoms with van der Waals surface area (Å²) in [6, 6.07) is 11.4. The maximum Gasteiger partial charge on any atom is 0.253 e. The molecule has 1 aromatic heterocycles. The third-order valence-corrected chi connectivity index (χ3v) is 5.80. The zero-order valence-electron chi connectivity index (χ0n) is 16.1. The number of hydrogen-bond donors (Lipinski definition) is 2. The fourth-order valence-electron chi connectivity index (χ4n) is 3.49. The van der Waals surface area contributed by atoms with Gasteiger partial charge in [0, 0.05) is 35.6 Å². The molecule has 0 radical (unpaired) electrons. The minimum atomic E-state index is -0.00795. The molecule has 5 nitrogen and oxygen atoms in total. The molecule has 1 aliphatic rings. The Morgan fingerprint density at radius 3 is 2.86 bits per heavy atom. The van der Waals surface area contributed by atoms with Gasteiger partial charge in [0.25, 0.3) is 5.91 Å². The number of anilines is 1. The Labute approximate surface area is 176 Å². The van der Waals surface area contributed by atoms with Gasteiger partial charge in [-0.2, -0.15) is 0 Å². The Bertz CT molecular complexity index is 767. The molecular formula is C21H28ClN3O2S. The summed E-state index contributed by atoms with van der Waals surface area (Å²) >= 11 is 1.72. The van der Waals surface area contributed by atoms with Crippen molar-refractivity contribution in [2.45, 2.75) is 25.7 Å². The third kappa shape index (κ3) is 6.33. The Balaban J connectivity index is 0.00000280. The molecule has 0 bridgehead atoms. The number of thiophene rings is 1. The van der Waals surface area contributed by atoms with Crippen molar-refractivity contribution in [3.63, 3.8) is 0 Å². The van der Waals surface area contributed by atoms with Gasteiger partial charge in [0.2, 0.25) is 5.91 Å². The molecule has 2 aromatic rings. The van der Waals surface area contributed by atoms with Crippen LogP contribution in [0.4, 0.5) is 5.69 Å². The lowest BCUT2D eigenvalue weighted by Crippen LogP contribution is -2.30. The lowest BCUT2D eigenvalue weighted by atomic mass is 10.1. The summed E-state index contributed by atoms with van der Waals surface area (Å²) in [5, 5.41) is 8.16. The van der Waals surface area contributed by atoms with E-state index in [0.717, 1.165) is 38.9 Å². The van der Waals surface area contributed by atoms with Gasteiger partial charge in [-0.3, -0.25) is 9.59 Å². The lowest BCUT2D eigenvalue weighted by Gasteiger charge is -2.17. The molecule has 1 atom stereocenters. The maximum absolute atomic E-state index is 12.7. The minimum Gasteiger partial charge on any atom is -0.338 e. The molecule has 7 heteroatoms. The quantitative estimate of drug-likeness (QED) is 0.681. The standard InChI is InChI=1S/C21H27N3O2S.ClH/c1-22-14-16-10-11-24(15-16)21(26)17-5-2-6-18(13-17)23-20(25)9-3-7-19-8-4-12-27-19;/h2,4-6,8,12-13,16,22H,3,7,9-11,14-15H2,1H3,(H,23,25);1H. The summed E-state index contributed by atoms with van der Waals surface area (Å²) in [6.07, 6.45) is 3.26. The van der Waals surface area contributed by atoms with Crippen LogP contribution in [0, 0.1) is 5.92 Å². The number of hydrogen-bond acceptors (Lipinski definition) is 4. The van der Waals surface area contributed by atoms with Crippen LogP contribution in [0.25, 0.3) is 0 Å². The summed E-state index contributed by atoms with van der Waals surface area (Å²) in [5.41, 5.74) is 1.32. The smallest absolute Gasteiger partial charge is 0.253 e. The molecule has 0 saturated carbocycles. The van der Waals surface area contributed by atoms with Gasteiger partial charge in [0.15, 0.2) is 0 Å². The summed E-state index contributed by atoms with van der Waals surface area (Å²) in [4.78, 5) is 28.1. The van der Waals surface area contributed by atoms with Crippen molar-refractivity contribution in [1.82, 2.24) is 10.2 Å². The topological polar surface area (TPSA) is 61.4 Å². The van der Waals surface area contributed by atoms with Crippen LogP contribution in [0.3, 0.4) is 0 Å². The van der Waals surface area contributed by atoms with Crippen LogP contribution in [0.5, 0.6) is 0 Å². The Hall–Kier alpha value is -1.89. The second-order valence-corrected chi connectivity index (χ2v) is 8.06. The monoisotopic (exact) mass is 421 g/mol. The van der Waals surface area contributed by atoms with Gasteiger partial charge in [0.1, 0.15) is 0 Å². The van der Waals surface area contributed by atoms with Gasteiger partial charge >= 0.3 is 0 Å². The van der Waals surface area contributed by atoms with Gasteiger partial charge in [-0.1, -0.05) is 12.1 Å². The summed E-state index contributed by atoms with van der Waals surface area (Å²) in [5.74, 6) is 0.555. The van der Waals surface area contributed by atoms with Crippen LogP contribution in [0.2, 0.25) is 0 Å². The summed E-state index contributed by atoms with van der Waals surface area (Å²) < 4.78 is 0. The first-order valence-electron chi connectivity index (χ1n) is 9.52. The van der Waals surface area contributed by atoms with E-state index in [4.69, 9.17) is 0 Å². The molecule has 28 heavy (non-hydrogen) atoms. The number of nitrogens with zero attached hydrogens (tertiary/aromatic N) is 1. The number of amides is 2. The number of aryl methyl sites for hydroxylation is 1. The molecule has 2 heterocycles. The van der Waals surface area contributed by atoms with Gasteiger partial charge in [-0.25, -0.2) is 0 Å². The van der Waals surface area contributed by atoms with Gasteiger partial charge in [-0.15, -0.1) is 23.7 Å². The number of carbonyl (C=O) groups excluding carboxylic acids is 2. The molecule has 1 aromatic carbocycles. The van der Waals surface area contributed by atoms with Crippen LogP contribution in [0.15, 0.2) is 41.8 Å². The molecule has 2 N–H and O–H groups in total. The van der Waals surface area contributed by atoms with E-state index in [9.17, 15) is 9.59 Å². The average Bonchev–Trinajstić information content (AvgIpc) is 3.34. The highest BCUT2D eigenvalue weighted by molar-refractivity contribution is 7.09. The first-order valence-corrected chi connectivity index (χ1v) is 10.4. The van der Waals surface area contributed by atoms with Crippen molar-refractivity contribution in [2.24, 2.45) is 5.92 Å². The average molecular weight is 422 g/mol. The van der Waals surface area contributed by atoms with Crippen molar-refractivity contribution < 1.29 is 9.59 Å². The molecular weight excluding hydrogens is 394 g/mol. The first kappa shape index (κ1) is 22.4. The largest absolute Gasteiger partial charge is 0.338 e. The highest BCUT2D eigenvalue weighted by Crippen LogP contribution is 2.20. The van der Waals surface area contributed by atoms with E-state index in [2.05, 4.69) is 22.1 Å². The van der Waals surface area contributed by atoms with Crippen molar-refractivity contribution in [3.05, 3.63) is 52.2 Å². The highest BCUT2D eigenvalue weighted by Gasteiger charge is 2.26. The van der Waals surface area contributed by atoms with Crippen molar-refractivity contribution in [1.29, 1.82) is 0 Å². The van der Waals surface area contributed by atoms with E-state index in [1.807, 2.05) is 36.2 Å². The van der Waals surface area contributed by atoms with E-state index < -0.39 is 0 Å². The highest BCUT2D eigenvalue weighted by atomic mass is 35.5. The van der Waals surface area contributed by atoms with Gasteiger partial charge in [0.05, 0.1) is 0 Å². The Morgan fingerprint density at radius 1 is 1.25 bits per heavy atom. The predicted octanol–water partition coefficient (Wildman–Crippen LogP) is 3.81. The van der Waals surface area contributed by atoms with E-state index in [-0.39, 0.29) is 24.2 Å². The van der Waals surface area contributed by atoms with Crippen LogP contribution in [0.1, 0.15) is 34.5 Å². The zero-order valence-corrected chi connectivity index (χ0v) is 17.8. The lowest BCUT2D eigenvalue weighted by molar-refractivity contribution is -0.116. The van der Waals surface area contributed by atoms with Crippen LogP contribution in [-0.2, 0) is 11.2 Å². The number of nitrogens with one attached hydrogen (secondary N) is 2. The van der Waals surface area contributed by atoms with Crippen molar-refractivity contribution in [2.75, 3.05) is 32.0 Å². The molecule has 152 valence electrons. The van der Waals surface area contributed by atoms with E-state index in [1.54, 1.807) is 17.4 Å². The number of likely N-dealkylation sites (tertiary alicyclic amines) is 1.